The molecule has 3 atom stereocenters. The predicted molar refractivity (Wildman–Crippen MR) is 120 cm³/mol. The minimum atomic E-state index is -0.577. The third-order valence-corrected chi connectivity index (χ3v) is 5.79. The van der Waals surface area contributed by atoms with Crippen LogP contribution in [0.4, 0.5) is 0 Å². The number of hydrogen-bond acceptors (Lipinski definition) is 3. The number of halogens is 1. The number of Topliss-reactive ketones (excluding diaryl/α,β-unsaturated/α-hetero) is 1. The summed E-state index contributed by atoms with van der Waals surface area (Å²) in [6, 6.07) is 25.9. The molecule has 0 saturated heterocycles. The van der Waals surface area contributed by atoms with Gasteiger partial charge < -0.3 is 0 Å². The first-order valence-electron chi connectivity index (χ1n) is 10.0. The van der Waals surface area contributed by atoms with E-state index in [0.29, 0.717) is 17.0 Å². The van der Waals surface area contributed by atoms with Crippen LogP contribution in [-0.4, -0.2) is 17.3 Å². The zero-order chi connectivity index (χ0) is 21.5. The highest BCUT2D eigenvalue weighted by atomic mass is 35.5. The van der Waals surface area contributed by atoms with Gasteiger partial charge in [-0.15, -0.1) is 0 Å². The summed E-state index contributed by atoms with van der Waals surface area (Å²) in [5, 5.41) is 12.2. The smallest absolute Gasteiger partial charge is 0.211 e. The van der Waals surface area contributed by atoms with Gasteiger partial charge in [-0.3, -0.25) is 14.9 Å². The Morgan fingerprint density at radius 3 is 1.83 bits per heavy atom. The molecule has 0 amide bonds. The molecule has 0 aromatic heterocycles. The molecule has 30 heavy (non-hydrogen) atoms. The molecule has 154 valence electrons. The molecule has 0 heterocycles. The Kier molecular flexibility index (Phi) is 7.36. The third kappa shape index (κ3) is 5.14. The van der Waals surface area contributed by atoms with Gasteiger partial charge in [0.25, 0.3) is 0 Å². The monoisotopic (exact) mass is 421 g/mol. The van der Waals surface area contributed by atoms with Crippen LogP contribution < -0.4 is 0 Å². The van der Waals surface area contributed by atoms with Crippen molar-refractivity contribution in [1.82, 2.24) is 0 Å². The van der Waals surface area contributed by atoms with Crippen molar-refractivity contribution in [2.75, 3.05) is 6.54 Å². The highest BCUT2D eigenvalue weighted by molar-refractivity contribution is 6.30. The first-order chi connectivity index (χ1) is 14.5. The highest BCUT2D eigenvalue weighted by Crippen LogP contribution is 2.40. The van der Waals surface area contributed by atoms with Crippen LogP contribution >= 0.6 is 11.6 Å². The Morgan fingerprint density at radius 1 is 0.867 bits per heavy atom. The lowest BCUT2D eigenvalue weighted by atomic mass is 9.70. The normalized spacial score (nSPS) is 13.9. The summed E-state index contributed by atoms with van der Waals surface area (Å²) < 4.78 is 0. The maximum Gasteiger partial charge on any atom is 0.211 e. The maximum absolute atomic E-state index is 13.8. The number of benzene rings is 3. The van der Waals surface area contributed by atoms with Gasteiger partial charge in [-0.05, 0) is 47.7 Å². The molecule has 0 radical (unpaired) electrons. The fraction of sp³-hybridized carbons (Fsp3) is 0.240. The molecule has 3 rings (SSSR count). The van der Waals surface area contributed by atoms with E-state index >= 15 is 0 Å². The van der Waals surface area contributed by atoms with Gasteiger partial charge in [-0.25, -0.2) is 0 Å². The van der Waals surface area contributed by atoms with Gasteiger partial charge in [0.05, 0.1) is 5.92 Å². The van der Waals surface area contributed by atoms with E-state index in [4.69, 9.17) is 11.6 Å². The summed E-state index contributed by atoms with van der Waals surface area (Å²) in [6.45, 7) is 1.71. The van der Waals surface area contributed by atoms with Gasteiger partial charge >= 0.3 is 0 Å². The fourth-order valence-corrected chi connectivity index (χ4v) is 4.26. The van der Waals surface area contributed by atoms with E-state index in [9.17, 15) is 14.9 Å². The molecular formula is C25H24ClNO3. The third-order valence-electron chi connectivity index (χ3n) is 5.54. The second-order valence-electron chi connectivity index (χ2n) is 7.35. The molecule has 3 aromatic carbocycles. The fourth-order valence-electron chi connectivity index (χ4n) is 4.14. The standard InChI is InChI=1S/C25H24ClNO3/c1-2-22(18-9-5-3-6-10-18)24(25(28)20-13-15-21(26)16-14-20)23(17-27(29)30)19-11-7-4-8-12-19/h3-16,22-24H,2,17H2,1H3/t22-,23+,24+/m0/s1. The largest absolute Gasteiger partial charge is 0.294 e. The average molecular weight is 422 g/mol. The van der Waals surface area contributed by atoms with E-state index in [1.54, 1.807) is 24.3 Å². The SMILES string of the molecule is CC[C@@H](c1ccccc1)[C@@H](C(=O)c1ccc(Cl)cc1)[C@H](C[N+](=O)[O-])c1ccccc1. The number of rotatable bonds is 9. The Bertz CT molecular complexity index is 974. The van der Waals surface area contributed by atoms with E-state index < -0.39 is 11.8 Å². The predicted octanol–water partition coefficient (Wildman–Crippen LogP) is 6.39. The van der Waals surface area contributed by atoms with Crippen molar-refractivity contribution in [2.24, 2.45) is 5.92 Å². The van der Waals surface area contributed by atoms with Crippen LogP contribution in [0, 0.1) is 16.0 Å². The van der Waals surface area contributed by atoms with Gasteiger partial charge in [0.15, 0.2) is 5.78 Å². The molecule has 0 aliphatic rings. The van der Waals surface area contributed by atoms with Gasteiger partial charge in [0, 0.05) is 21.4 Å². The van der Waals surface area contributed by atoms with Crippen LogP contribution in [-0.2, 0) is 0 Å². The molecule has 0 N–H and O–H groups in total. The van der Waals surface area contributed by atoms with E-state index in [-0.39, 0.29) is 23.2 Å². The van der Waals surface area contributed by atoms with Crippen molar-refractivity contribution in [3.8, 4) is 0 Å². The Labute approximate surface area is 181 Å². The lowest BCUT2D eigenvalue weighted by molar-refractivity contribution is -0.484. The summed E-state index contributed by atoms with van der Waals surface area (Å²) in [5.41, 5.74) is 2.33. The van der Waals surface area contributed by atoms with E-state index in [0.717, 1.165) is 11.1 Å². The number of nitrogens with zero attached hydrogens (tertiary/aromatic N) is 1. The van der Waals surface area contributed by atoms with Gasteiger partial charge in [0.1, 0.15) is 0 Å². The van der Waals surface area contributed by atoms with Crippen molar-refractivity contribution in [3.05, 3.63) is 117 Å². The average Bonchev–Trinajstić information content (AvgIpc) is 2.77. The molecule has 0 aliphatic heterocycles. The maximum atomic E-state index is 13.8. The molecule has 4 nitrogen and oxygen atoms in total. The van der Waals surface area contributed by atoms with Crippen LogP contribution in [0.3, 0.4) is 0 Å². The molecule has 0 aliphatic carbocycles. The van der Waals surface area contributed by atoms with E-state index in [1.165, 1.54) is 0 Å². The second kappa shape index (κ2) is 10.2. The van der Waals surface area contributed by atoms with Crippen LogP contribution in [0.1, 0.15) is 46.7 Å². The molecule has 0 saturated carbocycles. The topological polar surface area (TPSA) is 60.2 Å². The van der Waals surface area contributed by atoms with Gasteiger partial charge in [-0.2, -0.15) is 0 Å². The lowest BCUT2D eigenvalue weighted by Gasteiger charge is -2.31. The Hall–Kier alpha value is -2.98. The molecule has 0 unspecified atom stereocenters. The number of carbonyl (C=O) groups is 1. The minimum Gasteiger partial charge on any atom is -0.294 e. The van der Waals surface area contributed by atoms with Crippen molar-refractivity contribution in [1.29, 1.82) is 0 Å². The number of carbonyl (C=O) groups excluding carboxylic acids is 1. The van der Waals surface area contributed by atoms with Gasteiger partial charge in [-0.1, -0.05) is 79.2 Å². The molecule has 0 bridgehead atoms. The minimum absolute atomic E-state index is 0.0990. The van der Waals surface area contributed by atoms with Crippen LogP contribution in [0.2, 0.25) is 5.02 Å². The lowest BCUT2D eigenvalue weighted by Crippen LogP contribution is -2.32. The summed E-state index contributed by atoms with van der Waals surface area (Å²) in [6.07, 6.45) is 0.690. The molecule has 3 aromatic rings. The molecule has 0 spiro atoms. The summed E-state index contributed by atoms with van der Waals surface area (Å²) >= 11 is 6.01. The van der Waals surface area contributed by atoms with Crippen LogP contribution in [0.5, 0.6) is 0 Å². The molecular weight excluding hydrogens is 398 g/mol. The molecule has 0 fully saturated rings. The van der Waals surface area contributed by atoms with Crippen molar-refractivity contribution in [3.63, 3.8) is 0 Å². The first-order valence-corrected chi connectivity index (χ1v) is 10.4. The van der Waals surface area contributed by atoms with Crippen molar-refractivity contribution in [2.45, 2.75) is 25.2 Å². The highest BCUT2D eigenvalue weighted by Gasteiger charge is 2.39. The Balaban J connectivity index is 2.14. The molecule has 5 heteroatoms. The number of nitro groups is 1. The summed E-state index contributed by atoms with van der Waals surface area (Å²) in [7, 11) is 0. The summed E-state index contributed by atoms with van der Waals surface area (Å²) in [5.74, 6) is -1.38. The number of hydrogen-bond donors (Lipinski definition) is 0. The number of ketones is 1. The van der Waals surface area contributed by atoms with Crippen LogP contribution in [0.15, 0.2) is 84.9 Å². The quantitative estimate of drug-likeness (QED) is 0.228. The zero-order valence-corrected chi connectivity index (χ0v) is 17.5. The Morgan fingerprint density at radius 2 is 1.37 bits per heavy atom. The zero-order valence-electron chi connectivity index (χ0n) is 16.8. The first kappa shape index (κ1) is 21.7. The van der Waals surface area contributed by atoms with Gasteiger partial charge in [0.2, 0.25) is 6.54 Å². The van der Waals surface area contributed by atoms with E-state index in [1.807, 2.05) is 67.6 Å². The van der Waals surface area contributed by atoms with Crippen LogP contribution in [0.25, 0.3) is 0 Å². The van der Waals surface area contributed by atoms with E-state index in [2.05, 4.69) is 0 Å². The second-order valence-corrected chi connectivity index (χ2v) is 7.79. The summed E-state index contributed by atoms with van der Waals surface area (Å²) in [4.78, 5) is 25.1. The van der Waals surface area contributed by atoms with Crippen molar-refractivity contribution < 1.29 is 9.72 Å². The van der Waals surface area contributed by atoms with Crippen molar-refractivity contribution >= 4 is 17.4 Å².